The van der Waals surface area contributed by atoms with E-state index in [0.717, 1.165) is 16.5 Å². The first-order chi connectivity index (χ1) is 8.87. The fourth-order valence-corrected chi connectivity index (χ4v) is 2.09. The lowest BCUT2D eigenvalue weighted by molar-refractivity contribution is -0.123. The highest BCUT2D eigenvalue weighted by atomic mass is 16.2. The number of rotatable bonds is 3. The molecular formula is C15H21N3O. The summed E-state index contributed by atoms with van der Waals surface area (Å²) in [5, 5.41) is 4.03. The fraction of sp³-hybridized carbons (Fsp3) is 0.400. The van der Waals surface area contributed by atoms with Crippen LogP contribution in [-0.2, 0) is 11.2 Å². The standard InChI is InChI=1S/C15H21N3O/c1-15(2,3)18-14(19)12(16)8-10-9-17-13-7-5-4-6-11(10)13/h4-7,9,12,17H,8,16H2,1-3H3,(H,18,19). The molecule has 2 aromatic rings. The summed E-state index contributed by atoms with van der Waals surface area (Å²) in [6.07, 6.45) is 2.46. The summed E-state index contributed by atoms with van der Waals surface area (Å²) in [6.45, 7) is 5.84. The number of aromatic nitrogens is 1. The van der Waals surface area contributed by atoms with Crippen LogP contribution in [0.5, 0.6) is 0 Å². The van der Waals surface area contributed by atoms with Gasteiger partial charge in [0.2, 0.25) is 5.91 Å². The van der Waals surface area contributed by atoms with Crippen molar-refractivity contribution in [3.8, 4) is 0 Å². The molecule has 102 valence electrons. The molecule has 0 radical (unpaired) electrons. The van der Waals surface area contributed by atoms with Gasteiger partial charge in [-0.2, -0.15) is 0 Å². The van der Waals surface area contributed by atoms with E-state index in [1.165, 1.54) is 0 Å². The molecule has 0 aliphatic rings. The van der Waals surface area contributed by atoms with Crippen molar-refractivity contribution in [3.05, 3.63) is 36.0 Å². The Labute approximate surface area is 113 Å². The summed E-state index contributed by atoms with van der Waals surface area (Å²) in [6, 6.07) is 7.49. The maximum Gasteiger partial charge on any atom is 0.237 e. The van der Waals surface area contributed by atoms with E-state index in [-0.39, 0.29) is 11.4 Å². The second-order valence-corrected chi connectivity index (χ2v) is 5.91. The molecule has 4 N–H and O–H groups in total. The Morgan fingerprint density at radius 1 is 1.37 bits per heavy atom. The van der Waals surface area contributed by atoms with Gasteiger partial charge in [-0.3, -0.25) is 4.79 Å². The highest BCUT2D eigenvalue weighted by molar-refractivity contribution is 5.86. The smallest absolute Gasteiger partial charge is 0.237 e. The van der Waals surface area contributed by atoms with Gasteiger partial charge in [-0.05, 0) is 38.8 Å². The Bertz CT molecular complexity index is 580. The van der Waals surface area contributed by atoms with Gasteiger partial charge in [0.15, 0.2) is 0 Å². The summed E-state index contributed by atoms with van der Waals surface area (Å²) >= 11 is 0. The van der Waals surface area contributed by atoms with Crippen LogP contribution >= 0.6 is 0 Å². The van der Waals surface area contributed by atoms with Crippen LogP contribution in [0.3, 0.4) is 0 Å². The number of benzene rings is 1. The lowest BCUT2D eigenvalue weighted by Crippen LogP contribution is -2.49. The molecule has 2 rings (SSSR count). The van der Waals surface area contributed by atoms with Gasteiger partial charge in [-0.1, -0.05) is 18.2 Å². The van der Waals surface area contributed by atoms with Crippen molar-refractivity contribution in [2.24, 2.45) is 5.73 Å². The van der Waals surface area contributed by atoms with Crippen LogP contribution in [0.15, 0.2) is 30.5 Å². The van der Waals surface area contributed by atoms with E-state index < -0.39 is 6.04 Å². The monoisotopic (exact) mass is 259 g/mol. The molecule has 0 saturated heterocycles. The molecule has 0 aliphatic heterocycles. The number of amides is 1. The Kier molecular flexibility index (Phi) is 3.62. The normalized spacial score (nSPS) is 13.5. The van der Waals surface area contributed by atoms with E-state index in [1.807, 2.05) is 51.2 Å². The van der Waals surface area contributed by atoms with Crippen LogP contribution in [0.1, 0.15) is 26.3 Å². The van der Waals surface area contributed by atoms with Crippen molar-refractivity contribution in [2.75, 3.05) is 0 Å². The number of carbonyl (C=O) groups is 1. The first-order valence-corrected chi connectivity index (χ1v) is 6.49. The molecule has 1 unspecified atom stereocenters. The lowest BCUT2D eigenvalue weighted by atomic mass is 10.0. The zero-order chi connectivity index (χ0) is 14.0. The van der Waals surface area contributed by atoms with Crippen LogP contribution in [-0.4, -0.2) is 22.5 Å². The first kappa shape index (κ1) is 13.6. The summed E-state index contributed by atoms with van der Waals surface area (Å²) < 4.78 is 0. The van der Waals surface area contributed by atoms with Gasteiger partial charge in [0.25, 0.3) is 0 Å². The molecule has 0 fully saturated rings. The molecule has 1 atom stereocenters. The van der Waals surface area contributed by atoms with Crippen molar-refractivity contribution in [1.82, 2.24) is 10.3 Å². The van der Waals surface area contributed by atoms with Gasteiger partial charge in [-0.15, -0.1) is 0 Å². The van der Waals surface area contributed by atoms with E-state index >= 15 is 0 Å². The lowest BCUT2D eigenvalue weighted by Gasteiger charge is -2.23. The predicted molar refractivity (Wildman–Crippen MR) is 77.9 cm³/mol. The number of hydrogen-bond donors (Lipinski definition) is 3. The summed E-state index contributed by atoms with van der Waals surface area (Å²) in [4.78, 5) is 15.2. The highest BCUT2D eigenvalue weighted by Crippen LogP contribution is 2.18. The van der Waals surface area contributed by atoms with E-state index in [0.29, 0.717) is 6.42 Å². The molecule has 1 heterocycles. The minimum atomic E-state index is -0.529. The number of hydrogen-bond acceptors (Lipinski definition) is 2. The minimum Gasteiger partial charge on any atom is -0.361 e. The summed E-state index contributed by atoms with van der Waals surface area (Å²) in [5.74, 6) is -0.113. The molecule has 1 aromatic carbocycles. The van der Waals surface area contributed by atoms with E-state index in [4.69, 9.17) is 5.73 Å². The number of aromatic amines is 1. The van der Waals surface area contributed by atoms with Gasteiger partial charge in [0, 0.05) is 22.6 Å². The molecule has 0 spiro atoms. The van der Waals surface area contributed by atoms with Crippen molar-refractivity contribution < 1.29 is 4.79 Å². The minimum absolute atomic E-state index is 0.113. The third-order valence-corrected chi connectivity index (χ3v) is 2.95. The molecule has 19 heavy (non-hydrogen) atoms. The van der Waals surface area contributed by atoms with Crippen molar-refractivity contribution in [3.63, 3.8) is 0 Å². The van der Waals surface area contributed by atoms with Gasteiger partial charge in [0.05, 0.1) is 6.04 Å². The number of H-pyrrole nitrogens is 1. The van der Waals surface area contributed by atoms with Crippen LogP contribution in [0, 0.1) is 0 Å². The Morgan fingerprint density at radius 3 is 2.74 bits per heavy atom. The molecule has 4 nitrogen and oxygen atoms in total. The number of nitrogens with one attached hydrogen (secondary N) is 2. The van der Waals surface area contributed by atoms with Crippen molar-refractivity contribution in [1.29, 1.82) is 0 Å². The topological polar surface area (TPSA) is 70.9 Å². The van der Waals surface area contributed by atoms with Crippen LogP contribution in [0.2, 0.25) is 0 Å². The van der Waals surface area contributed by atoms with Gasteiger partial charge >= 0.3 is 0 Å². The predicted octanol–water partition coefficient (Wildman–Crippen LogP) is 1.95. The van der Waals surface area contributed by atoms with Crippen molar-refractivity contribution in [2.45, 2.75) is 38.8 Å². The third-order valence-electron chi connectivity index (χ3n) is 2.95. The van der Waals surface area contributed by atoms with Crippen LogP contribution in [0.4, 0.5) is 0 Å². The maximum absolute atomic E-state index is 12.0. The zero-order valence-corrected chi connectivity index (χ0v) is 11.7. The number of para-hydroxylation sites is 1. The molecule has 0 saturated carbocycles. The third kappa shape index (κ3) is 3.35. The first-order valence-electron chi connectivity index (χ1n) is 6.49. The molecule has 0 aliphatic carbocycles. The fourth-order valence-electron chi connectivity index (χ4n) is 2.09. The SMILES string of the molecule is CC(C)(C)NC(=O)C(N)Cc1c[nH]c2ccccc12. The van der Waals surface area contributed by atoms with Crippen LogP contribution in [0.25, 0.3) is 10.9 Å². The molecule has 4 heteroatoms. The molecule has 1 amide bonds. The Morgan fingerprint density at radius 2 is 2.05 bits per heavy atom. The summed E-state index contributed by atoms with van der Waals surface area (Å²) in [7, 11) is 0. The van der Waals surface area contributed by atoms with Crippen molar-refractivity contribution >= 4 is 16.8 Å². The molecule has 0 bridgehead atoms. The Hall–Kier alpha value is -1.81. The quantitative estimate of drug-likeness (QED) is 0.788. The molecular weight excluding hydrogens is 238 g/mol. The average molecular weight is 259 g/mol. The Balaban J connectivity index is 2.10. The largest absolute Gasteiger partial charge is 0.361 e. The van der Waals surface area contributed by atoms with E-state index in [2.05, 4.69) is 10.3 Å². The highest BCUT2D eigenvalue weighted by Gasteiger charge is 2.20. The zero-order valence-electron chi connectivity index (χ0n) is 11.7. The second-order valence-electron chi connectivity index (χ2n) is 5.91. The van der Waals surface area contributed by atoms with Gasteiger partial charge in [0.1, 0.15) is 0 Å². The van der Waals surface area contributed by atoms with E-state index in [9.17, 15) is 4.79 Å². The number of fused-ring (bicyclic) bond motifs is 1. The summed E-state index contributed by atoms with van der Waals surface area (Å²) in [5.41, 5.74) is 7.87. The maximum atomic E-state index is 12.0. The second kappa shape index (κ2) is 5.05. The van der Waals surface area contributed by atoms with E-state index in [1.54, 1.807) is 0 Å². The van der Waals surface area contributed by atoms with Gasteiger partial charge in [-0.25, -0.2) is 0 Å². The van der Waals surface area contributed by atoms with Crippen LogP contribution < -0.4 is 11.1 Å². The number of carbonyl (C=O) groups excluding carboxylic acids is 1. The number of nitrogens with two attached hydrogens (primary N) is 1. The average Bonchev–Trinajstić information content (AvgIpc) is 2.70. The van der Waals surface area contributed by atoms with Gasteiger partial charge < -0.3 is 16.0 Å². The molecule has 1 aromatic heterocycles.